The Morgan fingerprint density at radius 1 is 1.43 bits per heavy atom. The zero-order valence-corrected chi connectivity index (χ0v) is 12.9. The molecule has 5 nitrogen and oxygen atoms in total. The predicted octanol–water partition coefficient (Wildman–Crippen LogP) is 1.98. The Labute approximate surface area is 126 Å². The molecule has 0 saturated heterocycles. The Bertz CT molecular complexity index is 520. The molecule has 1 aromatic carbocycles. The van der Waals surface area contributed by atoms with Crippen LogP contribution in [0.2, 0.25) is 0 Å². The summed E-state index contributed by atoms with van der Waals surface area (Å²) in [4.78, 5) is 13.9. The Balaban J connectivity index is 2.44. The molecule has 0 aromatic heterocycles. The van der Waals surface area contributed by atoms with Crippen LogP contribution in [0.25, 0.3) is 0 Å². The van der Waals surface area contributed by atoms with E-state index in [4.69, 9.17) is 5.26 Å². The summed E-state index contributed by atoms with van der Waals surface area (Å²) in [6.07, 6.45) is 1.08. The maximum Gasteiger partial charge on any atom is 0.224 e. The van der Waals surface area contributed by atoms with E-state index >= 15 is 0 Å². The summed E-state index contributed by atoms with van der Waals surface area (Å²) in [7, 11) is 1.93. The van der Waals surface area contributed by atoms with Gasteiger partial charge >= 0.3 is 0 Å². The van der Waals surface area contributed by atoms with Crippen LogP contribution >= 0.6 is 0 Å². The van der Waals surface area contributed by atoms with Gasteiger partial charge in [0.1, 0.15) is 6.07 Å². The zero-order chi connectivity index (χ0) is 15.9. The number of aliphatic hydroxyl groups is 1. The van der Waals surface area contributed by atoms with Gasteiger partial charge in [0, 0.05) is 12.0 Å². The lowest BCUT2D eigenvalue weighted by atomic mass is 10.0. The van der Waals surface area contributed by atoms with Gasteiger partial charge in [-0.1, -0.05) is 12.1 Å². The molecule has 2 N–H and O–H groups in total. The van der Waals surface area contributed by atoms with Crippen molar-refractivity contribution >= 4 is 11.6 Å². The number of carbonyl (C=O) groups excluding carboxylic acids is 1. The molecule has 114 valence electrons. The van der Waals surface area contributed by atoms with Crippen molar-refractivity contribution in [2.24, 2.45) is 0 Å². The van der Waals surface area contributed by atoms with Gasteiger partial charge in [-0.05, 0) is 46.0 Å². The molecular weight excluding hydrogens is 266 g/mol. The van der Waals surface area contributed by atoms with Crippen LogP contribution in [0.4, 0.5) is 5.69 Å². The van der Waals surface area contributed by atoms with Crippen molar-refractivity contribution < 1.29 is 9.90 Å². The number of likely N-dealkylation sites (N-methyl/N-ethyl adjacent to an activating group) is 1. The number of nitrogens with one attached hydrogen (secondary N) is 1. The number of benzene rings is 1. The lowest BCUT2D eigenvalue weighted by molar-refractivity contribution is -0.116. The number of aliphatic hydroxyl groups excluding tert-OH is 1. The minimum absolute atomic E-state index is 0.0746. The first-order chi connectivity index (χ1) is 9.90. The van der Waals surface area contributed by atoms with Gasteiger partial charge in [-0.2, -0.15) is 5.26 Å². The fraction of sp³-hybridized carbons (Fsp3) is 0.500. The monoisotopic (exact) mass is 289 g/mol. The van der Waals surface area contributed by atoms with Gasteiger partial charge in [0.05, 0.1) is 17.9 Å². The maximum absolute atomic E-state index is 11.9. The van der Waals surface area contributed by atoms with Crippen LogP contribution in [0.3, 0.4) is 0 Å². The third-order valence-corrected chi connectivity index (χ3v) is 3.64. The van der Waals surface area contributed by atoms with E-state index in [9.17, 15) is 9.90 Å². The number of hydrogen-bond donors (Lipinski definition) is 2. The van der Waals surface area contributed by atoms with Gasteiger partial charge in [-0.15, -0.1) is 0 Å². The van der Waals surface area contributed by atoms with Crippen LogP contribution in [-0.2, 0) is 4.79 Å². The summed E-state index contributed by atoms with van der Waals surface area (Å²) in [5.41, 5.74) is 0.725. The Morgan fingerprint density at radius 3 is 2.71 bits per heavy atom. The normalized spacial score (nSPS) is 11.2. The number of carbonyl (C=O) groups is 1. The van der Waals surface area contributed by atoms with E-state index in [1.54, 1.807) is 24.3 Å². The molecule has 0 aliphatic heterocycles. The Hall–Kier alpha value is -1.90. The third-order valence-electron chi connectivity index (χ3n) is 3.64. The standard InChI is InChI=1S/C16H23N3O2/c1-16(2,12-20)19(3)10-6-9-15(21)18-14-8-5-4-7-13(14)11-17/h4-5,7-8,20H,6,9-10,12H2,1-3H3,(H,18,21). The molecule has 0 aliphatic carbocycles. The molecular formula is C16H23N3O2. The highest BCUT2D eigenvalue weighted by Gasteiger charge is 2.21. The van der Waals surface area contributed by atoms with Crippen molar-refractivity contribution in [1.82, 2.24) is 4.90 Å². The van der Waals surface area contributed by atoms with E-state index in [-0.39, 0.29) is 18.1 Å². The summed E-state index contributed by atoms with van der Waals surface area (Å²) >= 11 is 0. The zero-order valence-electron chi connectivity index (χ0n) is 12.9. The molecule has 0 saturated carbocycles. The Morgan fingerprint density at radius 2 is 2.10 bits per heavy atom. The molecule has 1 rings (SSSR count). The highest BCUT2D eigenvalue weighted by Crippen LogP contribution is 2.15. The quantitative estimate of drug-likeness (QED) is 0.804. The highest BCUT2D eigenvalue weighted by molar-refractivity contribution is 5.92. The Kier molecular flexibility index (Phi) is 6.35. The second kappa shape index (κ2) is 7.77. The van der Waals surface area contributed by atoms with E-state index in [0.29, 0.717) is 24.1 Å². The molecule has 0 heterocycles. The first kappa shape index (κ1) is 17.2. The van der Waals surface area contributed by atoms with Gasteiger partial charge in [0.2, 0.25) is 5.91 Å². The maximum atomic E-state index is 11.9. The van der Waals surface area contributed by atoms with Crippen molar-refractivity contribution in [2.45, 2.75) is 32.2 Å². The van der Waals surface area contributed by atoms with Gasteiger partial charge in [0.25, 0.3) is 0 Å². The average Bonchev–Trinajstić information content (AvgIpc) is 2.47. The average molecular weight is 289 g/mol. The lowest BCUT2D eigenvalue weighted by Gasteiger charge is -2.33. The SMILES string of the molecule is CN(CCCC(=O)Nc1ccccc1C#N)C(C)(C)CO. The molecule has 0 unspecified atom stereocenters. The number of anilines is 1. The molecule has 0 spiro atoms. The summed E-state index contributed by atoms with van der Waals surface area (Å²) in [6.45, 7) is 4.71. The van der Waals surface area contributed by atoms with E-state index in [0.717, 1.165) is 6.54 Å². The van der Waals surface area contributed by atoms with Gasteiger partial charge in [0.15, 0.2) is 0 Å². The predicted molar refractivity (Wildman–Crippen MR) is 82.8 cm³/mol. The molecule has 1 aromatic rings. The number of amides is 1. The van der Waals surface area contributed by atoms with Crippen LogP contribution in [0, 0.1) is 11.3 Å². The number of hydrogen-bond acceptors (Lipinski definition) is 4. The van der Waals surface area contributed by atoms with E-state index in [1.165, 1.54) is 0 Å². The lowest BCUT2D eigenvalue weighted by Crippen LogP contribution is -2.44. The van der Waals surface area contributed by atoms with Crippen molar-refractivity contribution in [3.63, 3.8) is 0 Å². The smallest absolute Gasteiger partial charge is 0.224 e. The topological polar surface area (TPSA) is 76.4 Å². The van der Waals surface area contributed by atoms with Gasteiger partial charge in [-0.3, -0.25) is 9.69 Å². The van der Waals surface area contributed by atoms with Crippen molar-refractivity contribution in [3.8, 4) is 6.07 Å². The molecule has 0 fully saturated rings. The van der Waals surface area contributed by atoms with Crippen LogP contribution in [0.15, 0.2) is 24.3 Å². The fourth-order valence-electron chi connectivity index (χ4n) is 1.80. The summed E-state index contributed by atoms with van der Waals surface area (Å²) in [6, 6.07) is 9.00. The molecule has 1 amide bonds. The van der Waals surface area contributed by atoms with E-state index < -0.39 is 0 Å². The molecule has 0 atom stereocenters. The van der Waals surface area contributed by atoms with Gasteiger partial charge in [-0.25, -0.2) is 0 Å². The van der Waals surface area contributed by atoms with E-state index in [2.05, 4.69) is 11.4 Å². The minimum atomic E-state index is -0.288. The molecule has 21 heavy (non-hydrogen) atoms. The first-order valence-corrected chi connectivity index (χ1v) is 7.02. The van der Waals surface area contributed by atoms with E-state index in [1.807, 2.05) is 25.8 Å². The number of rotatable bonds is 7. The van der Waals surface area contributed by atoms with Crippen LogP contribution in [-0.4, -0.2) is 41.7 Å². The summed E-state index contributed by atoms with van der Waals surface area (Å²) < 4.78 is 0. The first-order valence-electron chi connectivity index (χ1n) is 7.02. The second-order valence-electron chi connectivity index (χ2n) is 5.70. The fourth-order valence-corrected chi connectivity index (χ4v) is 1.80. The van der Waals surface area contributed by atoms with Crippen LogP contribution in [0.5, 0.6) is 0 Å². The number of para-hydroxylation sites is 1. The van der Waals surface area contributed by atoms with Gasteiger partial charge < -0.3 is 10.4 Å². The highest BCUT2D eigenvalue weighted by atomic mass is 16.3. The minimum Gasteiger partial charge on any atom is -0.394 e. The van der Waals surface area contributed by atoms with Crippen LogP contribution in [0.1, 0.15) is 32.3 Å². The third kappa shape index (κ3) is 5.18. The second-order valence-corrected chi connectivity index (χ2v) is 5.70. The van der Waals surface area contributed by atoms with Crippen molar-refractivity contribution in [2.75, 3.05) is 25.5 Å². The molecule has 0 aliphatic rings. The molecule has 0 radical (unpaired) electrons. The molecule has 0 bridgehead atoms. The number of nitriles is 1. The molecule has 5 heteroatoms. The van der Waals surface area contributed by atoms with Crippen LogP contribution < -0.4 is 5.32 Å². The summed E-state index contributed by atoms with van der Waals surface area (Å²) in [5, 5.41) is 21.0. The number of nitrogens with zero attached hydrogens (tertiary/aromatic N) is 2. The summed E-state index contributed by atoms with van der Waals surface area (Å²) in [5.74, 6) is -0.104. The van der Waals surface area contributed by atoms with Crippen molar-refractivity contribution in [3.05, 3.63) is 29.8 Å². The largest absolute Gasteiger partial charge is 0.394 e. The van der Waals surface area contributed by atoms with Crippen molar-refractivity contribution in [1.29, 1.82) is 5.26 Å².